The Morgan fingerprint density at radius 2 is 1.63 bits per heavy atom. The van der Waals surface area contributed by atoms with Gasteiger partial charge in [0.1, 0.15) is 11.1 Å². The third-order valence-electron chi connectivity index (χ3n) is 9.13. The summed E-state index contributed by atoms with van der Waals surface area (Å²) in [4.78, 5) is 48.4. The Morgan fingerprint density at radius 3 is 2.29 bits per heavy atom. The van der Waals surface area contributed by atoms with Crippen molar-refractivity contribution in [3.8, 4) is 16.3 Å². The second-order valence-electron chi connectivity index (χ2n) is 13.1. The molecule has 268 valence electrons. The Morgan fingerprint density at radius 1 is 0.981 bits per heavy atom. The van der Waals surface area contributed by atoms with Crippen molar-refractivity contribution in [2.45, 2.75) is 32.5 Å². The van der Waals surface area contributed by atoms with Crippen molar-refractivity contribution in [3.05, 3.63) is 125 Å². The molecule has 0 aliphatic carbocycles. The fraction of sp³-hybridized carbons (Fsp3) is 0.250. The molecule has 2 heterocycles. The van der Waals surface area contributed by atoms with Crippen LogP contribution in [0.5, 0.6) is 5.75 Å². The first kappa shape index (κ1) is 36.2. The summed E-state index contributed by atoms with van der Waals surface area (Å²) in [6, 6.07) is 26.4. The molecule has 1 aliphatic heterocycles. The Labute approximate surface area is 307 Å². The van der Waals surface area contributed by atoms with Gasteiger partial charge in [0, 0.05) is 53.8 Å². The average Bonchev–Trinajstić information content (AvgIpc) is 3.70. The summed E-state index contributed by atoms with van der Waals surface area (Å²) in [6.07, 6.45) is 1.35. The number of fused-ring (bicyclic) bond motifs is 1. The molecule has 6 rings (SSSR count). The lowest BCUT2D eigenvalue weighted by molar-refractivity contribution is 0.0343. The van der Waals surface area contributed by atoms with E-state index in [0.29, 0.717) is 53.4 Å². The van der Waals surface area contributed by atoms with Crippen molar-refractivity contribution < 1.29 is 24.2 Å². The lowest BCUT2D eigenvalue weighted by atomic mass is 9.98. The van der Waals surface area contributed by atoms with E-state index in [1.807, 2.05) is 62.7 Å². The van der Waals surface area contributed by atoms with Gasteiger partial charge in [0.2, 0.25) is 0 Å². The van der Waals surface area contributed by atoms with Gasteiger partial charge in [0.05, 0.1) is 35.3 Å². The highest BCUT2D eigenvalue weighted by atomic mass is 32.1. The minimum Gasteiger partial charge on any atom is -0.486 e. The predicted molar refractivity (Wildman–Crippen MR) is 205 cm³/mol. The Hall–Kier alpha value is -5.56. The molecule has 5 N–H and O–H groups in total. The molecular formula is C40H42N6O5S. The maximum atomic E-state index is 13.9. The highest BCUT2D eigenvalue weighted by Crippen LogP contribution is 2.35. The van der Waals surface area contributed by atoms with E-state index in [2.05, 4.69) is 20.5 Å². The topological polar surface area (TPSA) is 150 Å². The smallest absolute Gasteiger partial charge is 0.258 e. The minimum absolute atomic E-state index is 0.132. The van der Waals surface area contributed by atoms with Crippen molar-refractivity contribution in [1.82, 2.24) is 14.8 Å². The van der Waals surface area contributed by atoms with Gasteiger partial charge in [0.25, 0.3) is 17.7 Å². The fourth-order valence-electron chi connectivity index (χ4n) is 6.13. The average molecular weight is 719 g/mol. The molecule has 12 heteroatoms. The molecule has 0 saturated heterocycles. The van der Waals surface area contributed by atoms with Gasteiger partial charge < -0.3 is 31.1 Å². The monoisotopic (exact) mass is 718 g/mol. The zero-order chi connectivity index (χ0) is 36.8. The number of benzene rings is 4. The SMILES string of the molecule is C[C@H](CO)N1C[C@H](C)[C@H](CN(C)Cc2ccc(C(=O)Nc3ccccc3N)cc2)Oc2c(NC(=O)c3ccc(-c4nccs4)cc3)cccc2C1=O. The first-order chi connectivity index (χ1) is 25.1. The number of carbonyl (C=O) groups is 3. The summed E-state index contributed by atoms with van der Waals surface area (Å²) in [7, 11) is 1.98. The van der Waals surface area contributed by atoms with Gasteiger partial charge in [0.15, 0.2) is 5.75 Å². The number of rotatable bonds is 11. The molecule has 3 atom stereocenters. The van der Waals surface area contributed by atoms with Gasteiger partial charge >= 0.3 is 0 Å². The number of aliphatic hydroxyl groups excluding tert-OH is 1. The number of aliphatic hydroxyl groups is 1. The maximum Gasteiger partial charge on any atom is 0.258 e. The molecular weight excluding hydrogens is 677 g/mol. The zero-order valence-corrected chi connectivity index (χ0v) is 30.1. The second kappa shape index (κ2) is 16.2. The van der Waals surface area contributed by atoms with Crippen molar-refractivity contribution in [3.63, 3.8) is 0 Å². The quantitative estimate of drug-likeness (QED) is 0.117. The van der Waals surface area contributed by atoms with Crippen LogP contribution in [0.3, 0.4) is 0 Å². The van der Waals surface area contributed by atoms with Gasteiger partial charge in [-0.05, 0) is 68.1 Å². The Bertz CT molecular complexity index is 2020. The third-order valence-corrected chi connectivity index (χ3v) is 9.96. The van der Waals surface area contributed by atoms with E-state index >= 15 is 0 Å². The van der Waals surface area contributed by atoms with Gasteiger partial charge in [-0.2, -0.15) is 0 Å². The number of nitrogens with zero attached hydrogens (tertiary/aromatic N) is 3. The van der Waals surface area contributed by atoms with Crippen LogP contribution in [0.25, 0.3) is 10.6 Å². The van der Waals surface area contributed by atoms with Crippen LogP contribution in [-0.4, -0.2) is 76.5 Å². The van der Waals surface area contributed by atoms with Gasteiger partial charge in [-0.3, -0.25) is 19.3 Å². The van der Waals surface area contributed by atoms with Gasteiger partial charge in [-0.1, -0.05) is 49.4 Å². The Kier molecular flexibility index (Phi) is 11.3. The highest BCUT2D eigenvalue weighted by molar-refractivity contribution is 7.13. The van der Waals surface area contributed by atoms with Crippen molar-refractivity contribution in [1.29, 1.82) is 0 Å². The molecule has 0 unspecified atom stereocenters. The molecule has 0 bridgehead atoms. The van der Waals surface area contributed by atoms with Crippen LogP contribution < -0.4 is 21.1 Å². The molecule has 3 amide bonds. The minimum atomic E-state index is -0.428. The summed E-state index contributed by atoms with van der Waals surface area (Å²) in [5.41, 5.74) is 10.6. The van der Waals surface area contributed by atoms with E-state index in [1.54, 1.807) is 65.7 Å². The zero-order valence-electron chi connectivity index (χ0n) is 29.3. The lowest BCUT2D eigenvalue weighted by Gasteiger charge is -2.38. The number of ether oxygens (including phenoxy) is 1. The van der Waals surface area contributed by atoms with Crippen LogP contribution in [0.2, 0.25) is 0 Å². The number of hydrogen-bond donors (Lipinski definition) is 4. The predicted octanol–water partition coefficient (Wildman–Crippen LogP) is 6.25. The Balaban J connectivity index is 1.20. The maximum absolute atomic E-state index is 13.9. The van der Waals surface area contributed by atoms with Crippen molar-refractivity contribution >= 4 is 46.1 Å². The molecule has 4 aromatic carbocycles. The largest absolute Gasteiger partial charge is 0.486 e. The number of nitrogens with one attached hydrogen (secondary N) is 2. The standard InChI is InChI=1S/C40H42N6O5S/c1-25-21-46(26(2)24-47)40(50)31-7-6-10-34(44-38(49)29-15-17-30(18-16-29)39-42-19-20-52-39)36(31)51-35(25)23-45(3)22-27-11-13-28(14-12-27)37(48)43-33-9-5-4-8-32(33)41/h4-20,25-26,35,47H,21-24,41H2,1-3H3,(H,43,48)(H,44,49)/t25-,26+,35-/m0/s1. The van der Waals surface area contributed by atoms with E-state index in [4.69, 9.17) is 10.5 Å². The number of nitrogens with two attached hydrogens (primary N) is 1. The van der Waals surface area contributed by atoms with Crippen LogP contribution in [0.4, 0.5) is 17.1 Å². The van der Waals surface area contributed by atoms with E-state index in [-0.39, 0.29) is 42.1 Å². The molecule has 5 aromatic rings. The normalized spacial score (nSPS) is 16.3. The number of nitrogen functional groups attached to an aromatic ring is 1. The lowest BCUT2D eigenvalue weighted by Crippen LogP contribution is -2.49. The van der Waals surface area contributed by atoms with E-state index in [0.717, 1.165) is 16.1 Å². The molecule has 1 aromatic heterocycles. The van der Waals surface area contributed by atoms with Gasteiger partial charge in [-0.25, -0.2) is 4.98 Å². The van der Waals surface area contributed by atoms with Gasteiger partial charge in [-0.15, -0.1) is 11.3 Å². The molecule has 0 spiro atoms. The van der Waals surface area contributed by atoms with Crippen LogP contribution in [0.15, 0.2) is 103 Å². The summed E-state index contributed by atoms with van der Waals surface area (Å²) in [5.74, 6) is -0.718. The van der Waals surface area contributed by atoms with E-state index in [1.165, 1.54) is 11.3 Å². The number of carbonyl (C=O) groups excluding carboxylic acids is 3. The van der Waals surface area contributed by atoms with E-state index < -0.39 is 6.04 Å². The summed E-state index contributed by atoms with van der Waals surface area (Å²) >= 11 is 1.52. The molecule has 0 radical (unpaired) electrons. The second-order valence-corrected chi connectivity index (χ2v) is 14.0. The fourth-order valence-corrected chi connectivity index (χ4v) is 6.78. The number of amides is 3. The highest BCUT2D eigenvalue weighted by Gasteiger charge is 2.34. The molecule has 11 nitrogen and oxygen atoms in total. The number of para-hydroxylation sites is 3. The molecule has 52 heavy (non-hydrogen) atoms. The first-order valence-electron chi connectivity index (χ1n) is 17.1. The summed E-state index contributed by atoms with van der Waals surface area (Å²) in [6.45, 7) is 5.07. The summed E-state index contributed by atoms with van der Waals surface area (Å²) in [5, 5.41) is 18.7. The molecule has 0 saturated carbocycles. The van der Waals surface area contributed by atoms with E-state index in [9.17, 15) is 19.5 Å². The van der Waals surface area contributed by atoms with Crippen LogP contribution in [-0.2, 0) is 6.54 Å². The number of hydrogen-bond acceptors (Lipinski definition) is 9. The number of aromatic nitrogens is 1. The number of likely N-dealkylation sites (N-methyl/N-ethyl adjacent to an activating group) is 1. The van der Waals surface area contributed by atoms with Crippen LogP contribution in [0, 0.1) is 5.92 Å². The van der Waals surface area contributed by atoms with Crippen LogP contribution in [0.1, 0.15) is 50.5 Å². The number of anilines is 3. The van der Waals surface area contributed by atoms with Crippen molar-refractivity contribution in [2.75, 3.05) is 43.1 Å². The molecule has 0 fully saturated rings. The summed E-state index contributed by atoms with van der Waals surface area (Å²) < 4.78 is 6.71. The number of thiazole rings is 1. The van der Waals surface area contributed by atoms with Crippen molar-refractivity contribution in [2.24, 2.45) is 5.92 Å². The third kappa shape index (κ3) is 8.31. The molecule has 1 aliphatic rings. The first-order valence-corrected chi connectivity index (χ1v) is 17.9. The van der Waals surface area contributed by atoms with Crippen LogP contribution >= 0.6 is 11.3 Å².